The van der Waals surface area contributed by atoms with Crippen LogP contribution >= 0.6 is 34.5 Å². The first-order chi connectivity index (χ1) is 12.0. The number of hydrogen-bond donors (Lipinski definition) is 1. The molecule has 2 unspecified atom stereocenters. The smallest absolute Gasteiger partial charge is 0.273 e. The number of halogens is 2. The highest BCUT2D eigenvalue weighted by Crippen LogP contribution is 2.32. The van der Waals surface area contributed by atoms with Crippen LogP contribution < -0.4 is 5.32 Å². The number of nitrogens with zero attached hydrogens (tertiary/aromatic N) is 2. The second-order valence-corrected chi connectivity index (χ2v) is 8.52. The monoisotopic (exact) mass is 395 g/mol. The maximum atomic E-state index is 12.8. The van der Waals surface area contributed by atoms with E-state index in [1.807, 2.05) is 23.4 Å². The van der Waals surface area contributed by atoms with Crippen molar-refractivity contribution in [3.63, 3.8) is 0 Å². The minimum absolute atomic E-state index is 0.00568. The lowest BCUT2D eigenvalue weighted by atomic mass is 9.98. The molecule has 25 heavy (non-hydrogen) atoms. The fourth-order valence-electron chi connectivity index (χ4n) is 3.82. The first-order valence-electron chi connectivity index (χ1n) is 8.45. The fourth-order valence-corrected chi connectivity index (χ4v) is 4.91. The van der Waals surface area contributed by atoms with Gasteiger partial charge in [-0.1, -0.05) is 29.3 Å². The van der Waals surface area contributed by atoms with Crippen molar-refractivity contribution in [1.29, 1.82) is 0 Å². The Bertz CT molecular complexity index is 797. The minimum atomic E-state index is -0.00568. The number of thiazole rings is 1. The molecule has 7 heteroatoms. The normalized spacial score (nSPS) is 25.2. The summed E-state index contributed by atoms with van der Waals surface area (Å²) >= 11 is 13.5. The third kappa shape index (κ3) is 3.43. The summed E-state index contributed by atoms with van der Waals surface area (Å²) in [4.78, 5) is 19.3. The highest BCUT2D eigenvalue weighted by atomic mass is 35.5. The summed E-state index contributed by atoms with van der Waals surface area (Å²) < 4.78 is 0. The van der Waals surface area contributed by atoms with E-state index in [1.165, 1.54) is 24.2 Å². The Labute approximate surface area is 161 Å². The fraction of sp³-hybridized carbons (Fsp3) is 0.444. The molecule has 3 heterocycles. The third-order valence-electron chi connectivity index (χ3n) is 5.21. The Morgan fingerprint density at radius 3 is 2.64 bits per heavy atom. The van der Waals surface area contributed by atoms with Gasteiger partial charge in [-0.25, -0.2) is 4.98 Å². The molecule has 2 aliphatic heterocycles. The molecular weight excluding hydrogens is 377 g/mol. The highest BCUT2D eigenvalue weighted by molar-refractivity contribution is 7.13. The molecule has 2 aliphatic rings. The number of nitrogens with one attached hydrogen (secondary N) is 1. The van der Waals surface area contributed by atoms with E-state index >= 15 is 0 Å². The SMILES string of the molecule is CN(C(=O)c1csc(-c2ccc(Cl)c(Cl)c2)n1)C1CC2CCC(C1)N2. The van der Waals surface area contributed by atoms with Gasteiger partial charge in [-0.2, -0.15) is 0 Å². The van der Waals surface area contributed by atoms with Crippen LogP contribution in [0.2, 0.25) is 10.0 Å². The summed E-state index contributed by atoms with van der Waals surface area (Å²) in [5.74, 6) is -0.00568. The summed E-state index contributed by atoms with van der Waals surface area (Å²) in [6.45, 7) is 0. The zero-order valence-corrected chi connectivity index (χ0v) is 16.2. The first-order valence-corrected chi connectivity index (χ1v) is 10.1. The maximum Gasteiger partial charge on any atom is 0.273 e. The Morgan fingerprint density at radius 2 is 1.96 bits per heavy atom. The van der Waals surface area contributed by atoms with Gasteiger partial charge in [-0.3, -0.25) is 4.79 Å². The van der Waals surface area contributed by atoms with Gasteiger partial charge >= 0.3 is 0 Å². The van der Waals surface area contributed by atoms with E-state index in [4.69, 9.17) is 23.2 Å². The molecule has 1 N–H and O–H groups in total. The average molecular weight is 396 g/mol. The van der Waals surface area contributed by atoms with Crippen LogP contribution in [0.25, 0.3) is 10.6 Å². The maximum absolute atomic E-state index is 12.8. The van der Waals surface area contributed by atoms with Gasteiger partial charge in [0.15, 0.2) is 0 Å². The molecule has 2 aromatic rings. The molecule has 132 valence electrons. The zero-order chi connectivity index (χ0) is 17.6. The van der Waals surface area contributed by atoms with Gasteiger partial charge in [-0.15, -0.1) is 11.3 Å². The molecule has 1 aromatic carbocycles. The second-order valence-electron chi connectivity index (χ2n) is 6.85. The molecule has 0 spiro atoms. The van der Waals surface area contributed by atoms with Crippen molar-refractivity contribution >= 4 is 40.4 Å². The Morgan fingerprint density at radius 1 is 1.24 bits per heavy atom. The molecule has 2 atom stereocenters. The minimum Gasteiger partial charge on any atom is -0.337 e. The Balaban J connectivity index is 1.51. The van der Waals surface area contributed by atoms with Crippen LogP contribution in [0, 0.1) is 0 Å². The van der Waals surface area contributed by atoms with Crippen molar-refractivity contribution in [1.82, 2.24) is 15.2 Å². The lowest BCUT2D eigenvalue weighted by Gasteiger charge is -2.35. The van der Waals surface area contributed by atoms with E-state index in [-0.39, 0.29) is 5.91 Å². The van der Waals surface area contributed by atoms with Crippen LogP contribution in [0.15, 0.2) is 23.6 Å². The molecule has 2 bridgehead atoms. The zero-order valence-electron chi connectivity index (χ0n) is 13.8. The molecule has 4 nitrogen and oxygen atoms in total. The lowest BCUT2D eigenvalue weighted by Crippen LogP contribution is -2.48. The van der Waals surface area contributed by atoms with Crippen LogP contribution in [-0.2, 0) is 0 Å². The molecule has 4 rings (SSSR count). The average Bonchev–Trinajstić information content (AvgIpc) is 3.22. The number of carbonyl (C=O) groups is 1. The van der Waals surface area contributed by atoms with E-state index in [0.29, 0.717) is 33.9 Å². The van der Waals surface area contributed by atoms with Gasteiger partial charge in [-0.05, 0) is 37.8 Å². The van der Waals surface area contributed by atoms with Crippen molar-refractivity contribution < 1.29 is 4.79 Å². The van der Waals surface area contributed by atoms with E-state index in [1.54, 1.807) is 12.1 Å². The van der Waals surface area contributed by atoms with Crippen molar-refractivity contribution in [3.05, 3.63) is 39.3 Å². The van der Waals surface area contributed by atoms with Gasteiger partial charge in [0.1, 0.15) is 10.7 Å². The van der Waals surface area contributed by atoms with Gasteiger partial charge in [0.05, 0.1) is 10.0 Å². The summed E-state index contributed by atoms with van der Waals surface area (Å²) in [7, 11) is 1.90. The van der Waals surface area contributed by atoms with Crippen molar-refractivity contribution in [2.75, 3.05) is 7.05 Å². The predicted molar refractivity (Wildman–Crippen MR) is 103 cm³/mol. The van der Waals surface area contributed by atoms with Crippen LogP contribution in [0.4, 0.5) is 0 Å². The number of piperidine rings is 1. The van der Waals surface area contributed by atoms with Crippen LogP contribution in [0.5, 0.6) is 0 Å². The third-order valence-corrected chi connectivity index (χ3v) is 6.84. The molecule has 2 fully saturated rings. The number of benzene rings is 1. The van der Waals surface area contributed by atoms with Gasteiger partial charge in [0, 0.05) is 36.1 Å². The molecule has 0 aliphatic carbocycles. The topological polar surface area (TPSA) is 45.2 Å². The molecule has 1 amide bonds. The van der Waals surface area contributed by atoms with E-state index < -0.39 is 0 Å². The lowest BCUT2D eigenvalue weighted by molar-refractivity contribution is 0.0676. The van der Waals surface area contributed by atoms with Gasteiger partial charge < -0.3 is 10.2 Å². The number of carbonyl (C=O) groups excluding carboxylic acids is 1. The second kappa shape index (κ2) is 6.88. The van der Waals surface area contributed by atoms with Crippen LogP contribution in [0.3, 0.4) is 0 Å². The summed E-state index contributed by atoms with van der Waals surface area (Å²) in [6.07, 6.45) is 4.51. The molecule has 0 saturated carbocycles. The van der Waals surface area contributed by atoms with E-state index in [0.717, 1.165) is 23.4 Å². The van der Waals surface area contributed by atoms with Crippen molar-refractivity contribution in [3.8, 4) is 10.6 Å². The number of aromatic nitrogens is 1. The number of rotatable bonds is 3. The quantitative estimate of drug-likeness (QED) is 0.833. The summed E-state index contributed by atoms with van der Waals surface area (Å²) in [6, 6.07) is 6.81. The van der Waals surface area contributed by atoms with Gasteiger partial charge in [0.2, 0.25) is 0 Å². The molecule has 1 aromatic heterocycles. The van der Waals surface area contributed by atoms with Crippen molar-refractivity contribution in [2.24, 2.45) is 0 Å². The number of fused-ring (bicyclic) bond motifs is 2. The van der Waals surface area contributed by atoms with E-state index in [9.17, 15) is 4.79 Å². The molecule has 0 radical (unpaired) electrons. The van der Waals surface area contributed by atoms with Crippen LogP contribution in [-0.4, -0.2) is 41.0 Å². The molecule has 2 saturated heterocycles. The van der Waals surface area contributed by atoms with Crippen molar-refractivity contribution in [2.45, 2.75) is 43.8 Å². The van der Waals surface area contributed by atoms with Crippen LogP contribution in [0.1, 0.15) is 36.2 Å². The first kappa shape index (κ1) is 17.3. The Hall–Kier alpha value is -1.14. The largest absolute Gasteiger partial charge is 0.337 e. The number of amides is 1. The predicted octanol–water partition coefficient (Wildman–Crippen LogP) is 4.47. The number of hydrogen-bond acceptors (Lipinski definition) is 4. The summed E-state index contributed by atoms with van der Waals surface area (Å²) in [5, 5.41) is 7.22. The summed E-state index contributed by atoms with van der Waals surface area (Å²) in [5.41, 5.74) is 1.38. The molecular formula is C18H19Cl2N3OS. The Kier molecular flexibility index (Phi) is 4.75. The van der Waals surface area contributed by atoms with E-state index in [2.05, 4.69) is 10.3 Å². The standard InChI is InChI=1S/C18H19Cl2N3OS/c1-23(13-7-11-3-4-12(8-13)21-11)18(24)16-9-25-17(22-16)10-2-5-14(19)15(20)6-10/h2,5-6,9,11-13,21H,3-4,7-8H2,1H3. The van der Waals surface area contributed by atoms with Gasteiger partial charge in [0.25, 0.3) is 5.91 Å². The highest BCUT2D eigenvalue weighted by Gasteiger charge is 2.36.